The van der Waals surface area contributed by atoms with Gasteiger partial charge in [0.15, 0.2) is 0 Å². The van der Waals surface area contributed by atoms with Crippen LogP contribution in [0.5, 0.6) is 0 Å². The summed E-state index contributed by atoms with van der Waals surface area (Å²) < 4.78 is 29.3. The second kappa shape index (κ2) is 16.2. The lowest BCUT2D eigenvalue weighted by molar-refractivity contribution is 0.306. The molecule has 0 aliphatic carbocycles. The van der Waals surface area contributed by atoms with Gasteiger partial charge in [0.25, 0.3) is 10.1 Å². The van der Waals surface area contributed by atoms with Crippen LogP contribution in [0.15, 0.2) is 65.8 Å². The van der Waals surface area contributed by atoms with Gasteiger partial charge < -0.3 is 0 Å². The third kappa shape index (κ3) is 12.4. The highest BCUT2D eigenvalue weighted by Gasteiger charge is 2.14. The fourth-order valence-electron chi connectivity index (χ4n) is 3.37. The highest BCUT2D eigenvalue weighted by Crippen LogP contribution is 2.14. The number of unbranched alkanes of at least 4 members (excludes halogenated alkanes) is 8. The number of benzene rings is 1. The van der Waals surface area contributed by atoms with Crippen LogP contribution >= 0.6 is 0 Å². The fraction of sp³-hybridized carbons (Fsp3) is 0.464. The Hall–Kier alpha value is -2.42. The van der Waals surface area contributed by atoms with Crippen molar-refractivity contribution in [3.63, 3.8) is 0 Å². The number of rotatable bonds is 15. The van der Waals surface area contributed by atoms with E-state index in [9.17, 15) is 8.42 Å². The zero-order chi connectivity index (χ0) is 23.6. The Morgan fingerprint density at radius 1 is 0.939 bits per heavy atom. The molecule has 2 aromatic rings. The van der Waals surface area contributed by atoms with Gasteiger partial charge in [0.05, 0.1) is 11.5 Å². The average molecular weight is 468 g/mol. The van der Waals surface area contributed by atoms with Crippen LogP contribution in [-0.2, 0) is 20.7 Å². The van der Waals surface area contributed by atoms with Crippen LogP contribution in [0.2, 0.25) is 0 Å². The van der Waals surface area contributed by atoms with E-state index in [0.717, 1.165) is 56.9 Å². The van der Waals surface area contributed by atoms with Gasteiger partial charge in [0, 0.05) is 18.8 Å². The number of aromatic nitrogens is 1. The third-order valence-corrected chi connectivity index (χ3v) is 6.68. The summed E-state index contributed by atoms with van der Waals surface area (Å²) >= 11 is 0. The van der Waals surface area contributed by atoms with Gasteiger partial charge in [0.1, 0.15) is 0 Å². The Morgan fingerprint density at radius 2 is 1.70 bits per heavy atom. The summed E-state index contributed by atoms with van der Waals surface area (Å²) in [6, 6.07) is 10.9. The van der Waals surface area contributed by atoms with Gasteiger partial charge in [-0.05, 0) is 75.3 Å². The lowest BCUT2D eigenvalue weighted by atomic mass is 10.1. The van der Waals surface area contributed by atoms with Crippen molar-refractivity contribution in [2.45, 2.75) is 82.4 Å². The topological polar surface area (TPSA) is 56.3 Å². The predicted octanol–water partition coefficient (Wildman–Crippen LogP) is 6.80. The largest absolute Gasteiger partial charge is 0.296 e. The van der Waals surface area contributed by atoms with Crippen LogP contribution in [0.4, 0.5) is 0 Å². The fourth-order valence-corrected chi connectivity index (χ4v) is 4.32. The average Bonchev–Trinajstić information content (AvgIpc) is 2.82. The smallest absolute Gasteiger partial charge is 0.266 e. The van der Waals surface area contributed by atoms with E-state index in [1.54, 1.807) is 24.3 Å². The molecule has 0 radical (unpaired) electrons. The van der Waals surface area contributed by atoms with E-state index >= 15 is 0 Å². The number of hydrogen-bond donors (Lipinski definition) is 0. The molecular formula is C28H37NO3S. The molecule has 0 amide bonds. The van der Waals surface area contributed by atoms with Crippen molar-refractivity contribution in [3.8, 4) is 11.8 Å². The van der Waals surface area contributed by atoms with Gasteiger partial charge in [-0.15, -0.1) is 0 Å². The molecule has 0 fully saturated rings. The van der Waals surface area contributed by atoms with Crippen LogP contribution in [-0.4, -0.2) is 20.0 Å². The molecule has 2 rings (SSSR count). The molecule has 0 unspecified atom stereocenters. The van der Waals surface area contributed by atoms with Crippen molar-refractivity contribution in [2.75, 3.05) is 6.61 Å². The zero-order valence-corrected chi connectivity index (χ0v) is 20.7. The quantitative estimate of drug-likeness (QED) is 0.164. The molecule has 0 aliphatic rings. The van der Waals surface area contributed by atoms with E-state index < -0.39 is 10.1 Å². The molecule has 0 N–H and O–H groups in total. The van der Waals surface area contributed by atoms with E-state index in [1.807, 2.05) is 31.5 Å². The van der Waals surface area contributed by atoms with E-state index in [-0.39, 0.29) is 11.5 Å². The van der Waals surface area contributed by atoms with Gasteiger partial charge in [-0.1, -0.05) is 67.4 Å². The summed E-state index contributed by atoms with van der Waals surface area (Å²) in [5.74, 6) is 6.35. The first-order valence-corrected chi connectivity index (χ1v) is 13.5. The molecular weight excluding hydrogens is 430 g/mol. The molecule has 0 saturated carbocycles. The van der Waals surface area contributed by atoms with Crippen molar-refractivity contribution in [1.29, 1.82) is 0 Å². The normalized spacial score (nSPS) is 11.4. The first-order chi connectivity index (χ1) is 16.1. The number of aryl methyl sites for hydroxylation is 2. The maximum atomic E-state index is 12.1. The highest BCUT2D eigenvalue weighted by molar-refractivity contribution is 7.86. The van der Waals surface area contributed by atoms with Crippen LogP contribution in [0.25, 0.3) is 0 Å². The first-order valence-electron chi connectivity index (χ1n) is 12.1. The van der Waals surface area contributed by atoms with Gasteiger partial charge in [-0.2, -0.15) is 8.42 Å². The molecule has 33 heavy (non-hydrogen) atoms. The number of allylic oxidation sites excluding steroid dienone is 2. The minimum Gasteiger partial charge on any atom is -0.266 e. The number of pyridine rings is 1. The lowest BCUT2D eigenvalue weighted by Crippen LogP contribution is -2.07. The molecule has 1 heterocycles. The second-order valence-electron chi connectivity index (χ2n) is 8.29. The van der Waals surface area contributed by atoms with Crippen molar-refractivity contribution >= 4 is 10.1 Å². The monoisotopic (exact) mass is 467 g/mol. The van der Waals surface area contributed by atoms with E-state index in [2.05, 4.69) is 29.0 Å². The molecule has 0 aliphatic heterocycles. The van der Waals surface area contributed by atoms with Crippen LogP contribution in [0.1, 0.15) is 75.3 Å². The van der Waals surface area contributed by atoms with Crippen molar-refractivity contribution in [1.82, 2.24) is 4.98 Å². The third-order valence-electron chi connectivity index (χ3n) is 5.36. The van der Waals surface area contributed by atoms with Gasteiger partial charge in [-0.3, -0.25) is 9.17 Å². The van der Waals surface area contributed by atoms with Gasteiger partial charge in [-0.25, -0.2) is 0 Å². The molecule has 1 aromatic heterocycles. The molecule has 5 heteroatoms. The Bertz CT molecular complexity index is 971. The summed E-state index contributed by atoms with van der Waals surface area (Å²) in [5, 5.41) is 0. The Balaban J connectivity index is 1.39. The molecule has 0 atom stereocenters. The second-order valence-corrected chi connectivity index (χ2v) is 9.91. The Morgan fingerprint density at radius 3 is 2.45 bits per heavy atom. The van der Waals surface area contributed by atoms with Crippen molar-refractivity contribution < 1.29 is 12.6 Å². The summed E-state index contributed by atoms with van der Waals surface area (Å²) in [5.41, 5.74) is 2.32. The lowest BCUT2D eigenvalue weighted by Gasteiger charge is -2.06. The maximum Gasteiger partial charge on any atom is 0.296 e. The summed E-state index contributed by atoms with van der Waals surface area (Å²) in [4.78, 5) is 4.36. The summed E-state index contributed by atoms with van der Waals surface area (Å²) in [6.45, 7) is 2.18. The van der Waals surface area contributed by atoms with E-state index in [1.165, 1.54) is 24.8 Å². The standard InChI is InChI=1S/C28H37NO3S/c1-26-19-21-28(22-20-26)33(30,31)32-24-15-13-11-9-7-5-3-2-4-6-8-10-12-14-17-27-18-16-23-29-25-27/h2,4,16,18-23,25H,3,5,7,9-15,17,24H2,1H3/b4-2-. The van der Waals surface area contributed by atoms with Crippen LogP contribution in [0.3, 0.4) is 0 Å². The first kappa shape index (κ1) is 26.8. The number of hydrogen-bond acceptors (Lipinski definition) is 4. The van der Waals surface area contributed by atoms with Crippen LogP contribution < -0.4 is 0 Å². The molecule has 0 bridgehead atoms. The number of nitrogens with zero attached hydrogens (tertiary/aromatic N) is 1. The van der Waals surface area contributed by atoms with Crippen LogP contribution in [0, 0.1) is 18.8 Å². The van der Waals surface area contributed by atoms with Crippen molar-refractivity contribution in [3.05, 3.63) is 72.1 Å². The molecule has 178 valence electrons. The SMILES string of the molecule is Cc1ccc(S(=O)(=O)OCCCCCCCC/C=C\C#CCCCCc2cccnc2)cc1. The van der Waals surface area contributed by atoms with Gasteiger partial charge in [0.2, 0.25) is 0 Å². The zero-order valence-electron chi connectivity index (χ0n) is 19.8. The molecule has 0 saturated heterocycles. The predicted molar refractivity (Wildman–Crippen MR) is 135 cm³/mol. The molecule has 4 nitrogen and oxygen atoms in total. The van der Waals surface area contributed by atoms with Crippen molar-refractivity contribution in [2.24, 2.45) is 0 Å². The van der Waals surface area contributed by atoms with E-state index in [0.29, 0.717) is 0 Å². The molecule has 0 spiro atoms. The Labute approximate surface area is 200 Å². The highest BCUT2D eigenvalue weighted by atomic mass is 32.2. The minimum atomic E-state index is -3.63. The Kier molecular flexibility index (Phi) is 13.2. The van der Waals surface area contributed by atoms with E-state index in [4.69, 9.17) is 4.18 Å². The summed E-state index contributed by atoms with van der Waals surface area (Å²) in [7, 11) is -3.63. The molecule has 1 aromatic carbocycles. The minimum absolute atomic E-state index is 0.228. The summed E-state index contributed by atoms with van der Waals surface area (Å²) in [6.07, 6.45) is 19.6. The maximum absolute atomic E-state index is 12.1. The van der Waals surface area contributed by atoms with Gasteiger partial charge >= 0.3 is 0 Å².